The lowest BCUT2D eigenvalue weighted by atomic mass is 10.1. The third-order valence-corrected chi connectivity index (χ3v) is 3.41. The third-order valence-electron chi connectivity index (χ3n) is 2.70. The Morgan fingerprint density at radius 1 is 1.37 bits per heavy atom. The van der Waals surface area contributed by atoms with Crippen LogP contribution in [-0.2, 0) is 6.42 Å². The van der Waals surface area contributed by atoms with E-state index in [-0.39, 0.29) is 0 Å². The Kier molecular flexibility index (Phi) is 4.87. The van der Waals surface area contributed by atoms with Gasteiger partial charge in [-0.15, -0.1) is 0 Å². The molecule has 1 heterocycles. The van der Waals surface area contributed by atoms with Gasteiger partial charge in [-0.1, -0.05) is 34.2 Å². The van der Waals surface area contributed by atoms with Crippen LogP contribution in [-0.4, -0.2) is 16.5 Å². The smallest absolute Gasteiger partial charge is 0.106 e. The number of hydrogen-bond donors (Lipinski definition) is 2. The number of nitrogens with zero attached hydrogens (tertiary/aromatic N) is 1. The first-order valence-corrected chi connectivity index (χ1v) is 7.09. The molecule has 0 aliphatic carbocycles. The number of hydrogen-bond acceptors (Lipinski definition) is 3. The molecule has 0 fully saturated rings. The molecule has 0 radical (unpaired) electrons. The van der Waals surface area contributed by atoms with E-state index < -0.39 is 0 Å². The van der Waals surface area contributed by atoms with Crippen LogP contribution in [0.4, 0.5) is 5.69 Å². The summed E-state index contributed by atoms with van der Waals surface area (Å²) in [6, 6.07) is 9.87. The van der Waals surface area contributed by atoms with E-state index >= 15 is 0 Å². The summed E-state index contributed by atoms with van der Waals surface area (Å²) in [4.78, 5) is 4.49. The zero-order valence-electron chi connectivity index (χ0n) is 10.3. The quantitative estimate of drug-likeness (QED) is 0.824. The Morgan fingerprint density at radius 3 is 2.89 bits per heavy atom. The maximum Gasteiger partial charge on any atom is 0.106 e. The highest BCUT2D eigenvalue weighted by Gasteiger charge is 2.05. The summed E-state index contributed by atoms with van der Waals surface area (Å²) in [7, 11) is 0. The lowest BCUT2D eigenvalue weighted by Gasteiger charge is -2.11. The maximum atomic E-state index is 5.73. The van der Waals surface area contributed by atoms with Crippen LogP contribution in [0.3, 0.4) is 0 Å². The van der Waals surface area contributed by atoms with Crippen LogP contribution >= 0.6 is 28.1 Å². The van der Waals surface area contributed by atoms with Crippen LogP contribution in [0.25, 0.3) is 0 Å². The molecule has 2 rings (SSSR count). The maximum absolute atomic E-state index is 5.73. The SMILES string of the molecule is NC(=S)c1cc(Br)ccc1NCCc1cccnc1. The predicted octanol–water partition coefficient (Wildman–Crippen LogP) is 3.13. The number of pyridine rings is 1. The fourth-order valence-electron chi connectivity index (χ4n) is 1.76. The number of benzene rings is 1. The average molecular weight is 336 g/mol. The summed E-state index contributed by atoms with van der Waals surface area (Å²) in [6.45, 7) is 0.808. The summed E-state index contributed by atoms with van der Waals surface area (Å²) in [5.41, 5.74) is 8.74. The predicted molar refractivity (Wildman–Crippen MR) is 86.5 cm³/mol. The Hall–Kier alpha value is -1.46. The number of anilines is 1. The van der Waals surface area contributed by atoms with E-state index in [9.17, 15) is 0 Å². The van der Waals surface area contributed by atoms with Crippen LogP contribution in [0.15, 0.2) is 47.2 Å². The van der Waals surface area contributed by atoms with Crippen LogP contribution in [0.2, 0.25) is 0 Å². The largest absolute Gasteiger partial charge is 0.389 e. The molecule has 0 saturated heterocycles. The first-order chi connectivity index (χ1) is 9.16. The molecule has 3 N–H and O–H groups in total. The number of aromatic nitrogens is 1. The normalized spacial score (nSPS) is 10.2. The topological polar surface area (TPSA) is 50.9 Å². The van der Waals surface area contributed by atoms with Crippen molar-refractivity contribution in [3.63, 3.8) is 0 Å². The van der Waals surface area contributed by atoms with E-state index in [1.807, 2.05) is 30.5 Å². The molecule has 19 heavy (non-hydrogen) atoms. The second-order valence-corrected chi connectivity index (χ2v) is 5.45. The van der Waals surface area contributed by atoms with Gasteiger partial charge in [0.2, 0.25) is 0 Å². The summed E-state index contributed by atoms with van der Waals surface area (Å²) < 4.78 is 0.966. The molecule has 98 valence electrons. The fourth-order valence-corrected chi connectivity index (χ4v) is 2.29. The van der Waals surface area contributed by atoms with E-state index in [0.29, 0.717) is 4.99 Å². The molecule has 0 bridgehead atoms. The second kappa shape index (κ2) is 6.63. The average Bonchev–Trinajstić information content (AvgIpc) is 2.41. The van der Waals surface area contributed by atoms with Gasteiger partial charge in [-0.2, -0.15) is 0 Å². The van der Waals surface area contributed by atoms with Gasteiger partial charge >= 0.3 is 0 Å². The molecule has 0 spiro atoms. The summed E-state index contributed by atoms with van der Waals surface area (Å²) in [5.74, 6) is 0. The minimum Gasteiger partial charge on any atom is -0.389 e. The molecule has 2 aromatic rings. The number of halogens is 1. The molecule has 0 amide bonds. The van der Waals surface area contributed by atoms with Crippen molar-refractivity contribution in [2.75, 3.05) is 11.9 Å². The second-order valence-electron chi connectivity index (χ2n) is 4.09. The van der Waals surface area contributed by atoms with Crippen molar-refractivity contribution in [1.29, 1.82) is 0 Å². The monoisotopic (exact) mass is 335 g/mol. The van der Waals surface area contributed by atoms with Crippen LogP contribution in [0.5, 0.6) is 0 Å². The van der Waals surface area contributed by atoms with Gasteiger partial charge in [0.1, 0.15) is 4.99 Å². The fraction of sp³-hybridized carbons (Fsp3) is 0.143. The van der Waals surface area contributed by atoms with Gasteiger partial charge in [0, 0.05) is 34.7 Å². The number of rotatable bonds is 5. The molecule has 0 saturated carbocycles. The molecule has 1 aromatic carbocycles. The van der Waals surface area contributed by atoms with Gasteiger partial charge in [-0.25, -0.2) is 0 Å². The molecule has 5 heteroatoms. The van der Waals surface area contributed by atoms with E-state index in [1.54, 1.807) is 6.20 Å². The van der Waals surface area contributed by atoms with E-state index in [2.05, 4.69) is 32.3 Å². The molecule has 0 aliphatic rings. The van der Waals surface area contributed by atoms with Crippen molar-refractivity contribution < 1.29 is 0 Å². The Bertz CT molecular complexity index is 572. The van der Waals surface area contributed by atoms with E-state index in [1.165, 1.54) is 5.56 Å². The van der Waals surface area contributed by atoms with Gasteiger partial charge < -0.3 is 11.1 Å². The Labute approximate surface area is 126 Å². The minimum atomic E-state index is 0.394. The molecule has 0 unspecified atom stereocenters. The first-order valence-electron chi connectivity index (χ1n) is 5.89. The molecular weight excluding hydrogens is 322 g/mol. The number of thiocarbonyl (C=S) groups is 1. The van der Waals surface area contributed by atoms with Gasteiger partial charge in [0.15, 0.2) is 0 Å². The highest BCUT2D eigenvalue weighted by atomic mass is 79.9. The zero-order chi connectivity index (χ0) is 13.7. The van der Waals surface area contributed by atoms with Gasteiger partial charge in [-0.05, 0) is 36.2 Å². The highest BCUT2D eigenvalue weighted by Crippen LogP contribution is 2.21. The van der Waals surface area contributed by atoms with Crippen LogP contribution < -0.4 is 11.1 Å². The minimum absolute atomic E-state index is 0.394. The molecule has 1 aromatic heterocycles. The van der Waals surface area contributed by atoms with Crippen molar-refractivity contribution in [3.05, 3.63) is 58.3 Å². The summed E-state index contributed by atoms with van der Waals surface area (Å²) in [6.07, 6.45) is 4.55. The lowest BCUT2D eigenvalue weighted by molar-refractivity contribution is 1.00. The van der Waals surface area contributed by atoms with Crippen molar-refractivity contribution in [1.82, 2.24) is 4.98 Å². The number of nitrogens with two attached hydrogens (primary N) is 1. The molecular formula is C14H14BrN3S. The molecule has 0 atom stereocenters. The van der Waals surface area contributed by atoms with Gasteiger partial charge in [-0.3, -0.25) is 4.98 Å². The third kappa shape index (κ3) is 4.01. The summed E-state index contributed by atoms with van der Waals surface area (Å²) >= 11 is 8.48. The molecule has 0 aliphatic heterocycles. The lowest BCUT2D eigenvalue weighted by Crippen LogP contribution is -2.14. The van der Waals surface area contributed by atoms with E-state index in [4.69, 9.17) is 18.0 Å². The van der Waals surface area contributed by atoms with Crippen molar-refractivity contribution in [3.8, 4) is 0 Å². The van der Waals surface area contributed by atoms with Crippen molar-refractivity contribution in [2.24, 2.45) is 5.73 Å². The first kappa shape index (κ1) is 14.0. The van der Waals surface area contributed by atoms with Gasteiger partial charge in [0.25, 0.3) is 0 Å². The van der Waals surface area contributed by atoms with Gasteiger partial charge in [0.05, 0.1) is 0 Å². The highest BCUT2D eigenvalue weighted by molar-refractivity contribution is 9.10. The van der Waals surface area contributed by atoms with E-state index in [0.717, 1.165) is 28.7 Å². The molecule has 3 nitrogen and oxygen atoms in total. The summed E-state index contributed by atoms with van der Waals surface area (Å²) in [5, 5.41) is 3.35. The van der Waals surface area contributed by atoms with Crippen LogP contribution in [0, 0.1) is 0 Å². The number of nitrogens with one attached hydrogen (secondary N) is 1. The Morgan fingerprint density at radius 2 is 2.21 bits per heavy atom. The van der Waals surface area contributed by atoms with Crippen molar-refractivity contribution in [2.45, 2.75) is 6.42 Å². The van der Waals surface area contributed by atoms with Crippen LogP contribution in [0.1, 0.15) is 11.1 Å². The Balaban J connectivity index is 2.02. The zero-order valence-corrected chi connectivity index (χ0v) is 12.7. The standard InChI is InChI=1S/C14H14BrN3S/c15-11-3-4-13(12(8-11)14(16)19)18-7-5-10-2-1-6-17-9-10/h1-4,6,8-9,18H,5,7H2,(H2,16,19). The van der Waals surface area contributed by atoms with Crippen molar-refractivity contribution >= 4 is 38.8 Å².